The molecule has 0 fully saturated rings. The highest BCUT2D eigenvalue weighted by atomic mass is 16.5. The van der Waals surface area contributed by atoms with Gasteiger partial charge in [-0.1, -0.05) is 6.92 Å². The van der Waals surface area contributed by atoms with Crippen molar-refractivity contribution in [1.82, 2.24) is 14.9 Å². The van der Waals surface area contributed by atoms with E-state index in [0.717, 1.165) is 43.9 Å². The Morgan fingerprint density at radius 1 is 1.50 bits per heavy atom. The molecule has 0 aliphatic carbocycles. The number of hydrogen-bond acceptors (Lipinski definition) is 5. The molecule has 1 atom stereocenters. The van der Waals surface area contributed by atoms with Crippen molar-refractivity contribution in [2.24, 2.45) is 0 Å². The first-order chi connectivity index (χ1) is 11.8. The van der Waals surface area contributed by atoms with Gasteiger partial charge in [-0.15, -0.1) is 0 Å². The van der Waals surface area contributed by atoms with Gasteiger partial charge >= 0.3 is 0 Å². The monoisotopic (exact) mass is 328 g/mol. The molecule has 1 aromatic heterocycles. The van der Waals surface area contributed by atoms with E-state index in [1.807, 2.05) is 29.0 Å². The number of hydrogen-bond donors (Lipinski definition) is 2. The number of nitrogens with zero attached hydrogens (tertiary/aromatic N) is 2. The van der Waals surface area contributed by atoms with Gasteiger partial charge in [0.15, 0.2) is 5.78 Å². The first-order valence-corrected chi connectivity index (χ1v) is 8.50. The average Bonchev–Trinajstić information content (AvgIpc) is 3.13. The normalized spacial score (nSPS) is 16.1. The maximum atomic E-state index is 12.3. The molecule has 2 heterocycles. The van der Waals surface area contributed by atoms with Gasteiger partial charge in [-0.25, -0.2) is 4.98 Å². The Morgan fingerprint density at radius 2 is 2.42 bits per heavy atom. The molecule has 0 bridgehead atoms. The molecule has 1 aliphatic heterocycles. The van der Waals surface area contributed by atoms with Gasteiger partial charge in [0.2, 0.25) is 0 Å². The third-order valence-electron chi connectivity index (χ3n) is 4.19. The molecule has 2 N–H and O–H groups in total. The number of rotatable bonds is 8. The van der Waals surface area contributed by atoms with E-state index < -0.39 is 0 Å². The third-order valence-corrected chi connectivity index (χ3v) is 4.19. The summed E-state index contributed by atoms with van der Waals surface area (Å²) < 4.78 is 7.90. The molecule has 0 radical (unpaired) electrons. The van der Waals surface area contributed by atoms with Gasteiger partial charge < -0.3 is 19.9 Å². The number of ketones is 1. The SMILES string of the molecule is CCC1CNc2cc(C(=O)CNCCCn3ccnc3)ccc2O1. The van der Waals surface area contributed by atoms with Crippen molar-refractivity contribution in [2.75, 3.05) is 25.0 Å². The smallest absolute Gasteiger partial charge is 0.176 e. The van der Waals surface area contributed by atoms with Crippen LogP contribution in [0.4, 0.5) is 5.69 Å². The van der Waals surface area contributed by atoms with Crippen molar-refractivity contribution in [2.45, 2.75) is 32.4 Å². The molecule has 1 aliphatic rings. The van der Waals surface area contributed by atoms with E-state index in [9.17, 15) is 4.79 Å². The highest BCUT2D eigenvalue weighted by Crippen LogP contribution is 2.30. The molecule has 1 aromatic carbocycles. The maximum absolute atomic E-state index is 12.3. The van der Waals surface area contributed by atoms with Crippen molar-refractivity contribution in [3.63, 3.8) is 0 Å². The van der Waals surface area contributed by atoms with Gasteiger partial charge in [-0.3, -0.25) is 4.79 Å². The predicted molar refractivity (Wildman–Crippen MR) is 93.7 cm³/mol. The number of ether oxygens (including phenoxy) is 1. The zero-order valence-corrected chi connectivity index (χ0v) is 14.0. The fourth-order valence-corrected chi connectivity index (χ4v) is 2.73. The van der Waals surface area contributed by atoms with Crippen molar-refractivity contribution in [3.05, 3.63) is 42.5 Å². The van der Waals surface area contributed by atoms with E-state index in [0.29, 0.717) is 12.1 Å². The standard InChI is InChI=1S/C18H24N4O2/c1-2-15-11-21-16-10-14(4-5-18(16)24-15)17(23)12-19-6-3-8-22-9-7-20-13-22/h4-5,7,9-10,13,15,19,21H,2-3,6,8,11-12H2,1H3. The Bertz CT molecular complexity index is 670. The molecule has 0 amide bonds. The zero-order chi connectivity index (χ0) is 16.8. The summed E-state index contributed by atoms with van der Waals surface area (Å²) in [6.07, 6.45) is 7.65. The second kappa shape index (κ2) is 7.97. The molecule has 2 aromatic rings. The van der Waals surface area contributed by atoms with Crippen LogP contribution in [-0.4, -0.2) is 41.1 Å². The van der Waals surface area contributed by atoms with E-state index in [-0.39, 0.29) is 11.9 Å². The van der Waals surface area contributed by atoms with Gasteiger partial charge in [0.05, 0.1) is 25.1 Å². The number of aryl methyl sites for hydroxylation is 1. The molecule has 128 valence electrons. The number of carbonyl (C=O) groups is 1. The molecular weight excluding hydrogens is 304 g/mol. The Kier molecular flexibility index (Phi) is 5.48. The van der Waals surface area contributed by atoms with Gasteiger partial charge in [0, 0.05) is 24.5 Å². The molecule has 0 saturated heterocycles. The molecule has 1 unspecified atom stereocenters. The van der Waals surface area contributed by atoms with Gasteiger partial charge in [0.1, 0.15) is 11.9 Å². The van der Waals surface area contributed by atoms with Crippen LogP contribution in [0.15, 0.2) is 36.9 Å². The summed E-state index contributed by atoms with van der Waals surface area (Å²) in [5.41, 5.74) is 1.62. The Labute approximate surface area is 142 Å². The molecule has 0 saturated carbocycles. The second-order valence-electron chi connectivity index (χ2n) is 5.99. The molecule has 3 rings (SSSR count). The fourth-order valence-electron chi connectivity index (χ4n) is 2.73. The minimum Gasteiger partial charge on any atom is -0.486 e. The number of benzene rings is 1. The van der Waals surface area contributed by atoms with Crippen molar-refractivity contribution in [1.29, 1.82) is 0 Å². The minimum absolute atomic E-state index is 0.0971. The van der Waals surface area contributed by atoms with Crippen LogP contribution in [0.5, 0.6) is 5.75 Å². The lowest BCUT2D eigenvalue weighted by Crippen LogP contribution is -2.30. The summed E-state index contributed by atoms with van der Waals surface area (Å²) in [7, 11) is 0. The summed E-state index contributed by atoms with van der Waals surface area (Å²) in [6.45, 7) is 4.94. The molecule has 6 nitrogen and oxygen atoms in total. The maximum Gasteiger partial charge on any atom is 0.176 e. The summed E-state index contributed by atoms with van der Waals surface area (Å²) in [5.74, 6) is 0.929. The highest BCUT2D eigenvalue weighted by Gasteiger charge is 2.18. The number of aromatic nitrogens is 2. The number of fused-ring (bicyclic) bond motifs is 1. The van der Waals surface area contributed by atoms with Crippen LogP contribution in [0.3, 0.4) is 0 Å². The minimum atomic E-state index is 0.0971. The van der Waals surface area contributed by atoms with Crippen LogP contribution < -0.4 is 15.4 Å². The summed E-state index contributed by atoms with van der Waals surface area (Å²) in [5, 5.41) is 6.55. The molecule has 6 heteroatoms. The van der Waals surface area contributed by atoms with Gasteiger partial charge in [-0.05, 0) is 37.6 Å². The van der Waals surface area contributed by atoms with Crippen LogP contribution in [0, 0.1) is 0 Å². The summed E-state index contributed by atoms with van der Waals surface area (Å²) in [4.78, 5) is 16.3. The lowest BCUT2D eigenvalue weighted by atomic mass is 10.1. The first-order valence-electron chi connectivity index (χ1n) is 8.50. The Morgan fingerprint density at radius 3 is 3.21 bits per heavy atom. The number of nitrogens with one attached hydrogen (secondary N) is 2. The number of carbonyl (C=O) groups excluding carboxylic acids is 1. The number of anilines is 1. The van der Waals surface area contributed by atoms with Crippen LogP contribution in [-0.2, 0) is 6.54 Å². The zero-order valence-electron chi connectivity index (χ0n) is 14.0. The lowest BCUT2D eigenvalue weighted by Gasteiger charge is -2.26. The Balaban J connectivity index is 1.45. The summed E-state index contributed by atoms with van der Waals surface area (Å²) in [6, 6.07) is 5.61. The topological polar surface area (TPSA) is 68.2 Å². The molecule has 24 heavy (non-hydrogen) atoms. The van der Waals surface area contributed by atoms with Crippen LogP contribution in [0.25, 0.3) is 0 Å². The second-order valence-corrected chi connectivity index (χ2v) is 5.99. The van der Waals surface area contributed by atoms with E-state index in [2.05, 4.69) is 22.5 Å². The van der Waals surface area contributed by atoms with Crippen LogP contribution in [0.2, 0.25) is 0 Å². The van der Waals surface area contributed by atoms with E-state index in [1.165, 1.54) is 0 Å². The number of imidazole rings is 1. The van der Waals surface area contributed by atoms with Gasteiger partial charge in [-0.2, -0.15) is 0 Å². The Hall–Kier alpha value is -2.34. The number of Topliss-reactive ketones (excluding diaryl/α,β-unsaturated/α-hetero) is 1. The molecular formula is C18H24N4O2. The fraction of sp³-hybridized carbons (Fsp3) is 0.444. The van der Waals surface area contributed by atoms with Gasteiger partial charge in [0.25, 0.3) is 0 Å². The third kappa shape index (κ3) is 4.14. The average molecular weight is 328 g/mol. The van der Waals surface area contributed by atoms with Crippen molar-refractivity contribution >= 4 is 11.5 Å². The van der Waals surface area contributed by atoms with E-state index in [1.54, 1.807) is 12.5 Å². The van der Waals surface area contributed by atoms with Crippen molar-refractivity contribution in [3.8, 4) is 5.75 Å². The van der Waals surface area contributed by atoms with E-state index in [4.69, 9.17) is 4.74 Å². The highest BCUT2D eigenvalue weighted by molar-refractivity contribution is 5.98. The van der Waals surface area contributed by atoms with Crippen LogP contribution in [0.1, 0.15) is 30.1 Å². The predicted octanol–water partition coefficient (Wildman–Crippen LogP) is 2.33. The lowest BCUT2D eigenvalue weighted by molar-refractivity contribution is 0.0991. The van der Waals surface area contributed by atoms with Crippen LogP contribution >= 0.6 is 0 Å². The summed E-state index contributed by atoms with van der Waals surface area (Å²) >= 11 is 0. The molecule has 0 spiro atoms. The van der Waals surface area contributed by atoms with E-state index >= 15 is 0 Å². The largest absolute Gasteiger partial charge is 0.486 e. The van der Waals surface area contributed by atoms with Crippen molar-refractivity contribution < 1.29 is 9.53 Å². The first kappa shape index (κ1) is 16.5. The quantitative estimate of drug-likeness (QED) is 0.575.